The van der Waals surface area contributed by atoms with Crippen molar-refractivity contribution < 1.29 is 36.9 Å². The maximum atomic E-state index is 17.8. The number of alkyl halides is 1. The highest BCUT2D eigenvalue weighted by Crippen LogP contribution is 2.46. The summed E-state index contributed by atoms with van der Waals surface area (Å²) >= 11 is 0. The van der Waals surface area contributed by atoms with Gasteiger partial charge in [-0.15, -0.1) is 5.54 Å². The molecule has 0 unspecified atom stereocenters. The largest absolute Gasteiger partial charge is 0.475 e. The number of ether oxygens (including phenoxy) is 5. The van der Waals surface area contributed by atoms with Gasteiger partial charge in [-0.2, -0.15) is 9.97 Å². The van der Waals surface area contributed by atoms with Crippen molar-refractivity contribution in [2.45, 2.75) is 102 Å². The summed E-state index contributed by atoms with van der Waals surface area (Å²) in [4.78, 5) is 18.7. The van der Waals surface area contributed by atoms with Crippen LogP contribution in [0.4, 0.5) is 19.0 Å². The molecule has 0 bridgehead atoms. The molecule has 310 valence electrons. The maximum Gasteiger partial charge on any atom is 0.319 e. The Morgan fingerprint density at radius 3 is 2.52 bits per heavy atom. The zero-order valence-corrected chi connectivity index (χ0v) is 35.6. The monoisotopic (exact) mass is 817 g/mol. The second-order valence-corrected chi connectivity index (χ2v) is 22.9. The van der Waals surface area contributed by atoms with E-state index in [-0.39, 0.29) is 60.3 Å². The summed E-state index contributed by atoms with van der Waals surface area (Å²) in [6.07, 6.45) is 1.90. The Labute approximate surface area is 339 Å². The summed E-state index contributed by atoms with van der Waals surface area (Å²) in [5.41, 5.74) is 4.41. The fraction of sp³-hybridized carbons (Fsp3) is 0.568. The van der Waals surface area contributed by atoms with E-state index in [1.807, 2.05) is 0 Å². The van der Waals surface area contributed by atoms with E-state index in [0.29, 0.717) is 77.1 Å². The van der Waals surface area contributed by atoms with Gasteiger partial charge in [-0.05, 0) is 66.0 Å². The zero-order chi connectivity index (χ0) is 40.9. The number of hydrogen-bond acceptors (Lipinski definition) is 10. The van der Waals surface area contributed by atoms with E-state index < -0.39 is 31.4 Å². The van der Waals surface area contributed by atoms with Gasteiger partial charge in [0, 0.05) is 44.2 Å². The molecule has 14 heteroatoms. The van der Waals surface area contributed by atoms with Gasteiger partial charge in [0.1, 0.15) is 61.4 Å². The average Bonchev–Trinajstić information content (AvgIpc) is 3.54. The minimum atomic E-state index is -2.32. The van der Waals surface area contributed by atoms with Crippen LogP contribution in [-0.4, -0.2) is 106 Å². The molecule has 4 aliphatic heterocycles. The summed E-state index contributed by atoms with van der Waals surface area (Å²) in [5.74, 6) is 3.02. The van der Waals surface area contributed by atoms with Crippen molar-refractivity contribution in [3.8, 4) is 40.4 Å². The molecule has 0 saturated carbocycles. The van der Waals surface area contributed by atoms with E-state index in [0.717, 1.165) is 25.8 Å². The van der Waals surface area contributed by atoms with Crippen molar-refractivity contribution in [1.29, 1.82) is 0 Å². The SMILES string of the molecule is COCOc1cc(-c2nc3c4c(nc(OC[C@@]56CCCN5C[C@H](F)C6)nc4c2F)N2CCCOC[C@H]2CO3)c2c(C#C[Si](C(C)C)(C(C)C)C(C)C)c(F)ccc2c1. The van der Waals surface area contributed by atoms with Gasteiger partial charge in [-0.1, -0.05) is 53.5 Å². The van der Waals surface area contributed by atoms with Crippen molar-refractivity contribution in [3.63, 3.8) is 0 Å². The van der Waals surface area contributed by atoms with Gasteiger partial charge in [-0.3, -0.25) is 4.90 Å². The normalized spacial score (nSPS) is 22.2. The molecule has 58 heavy (non-hydrogen) atoms. The van der Waals surface area contributed by atoms with Gasteiger partial charge < -0.3 is 28.6 Å². The quantitative estimate of drug-likeness (QED) is 0.0881. The number of halogens is 3. The summed E-state index contributed by atoms with van der Waals surface area (Å²) < 4.78 is 78.8. The molecule has 0 amide bonds. The molecule has 4 aromatic rings. The van der Waals surface area contributed by atoms with Gasteiger partial charge in [0.15, 0.2) is 12.6 Å². The highest BCUT2D eigenvalue weighted by Gasteiger charge is 2.49. The number of anilines is 1. The number of rotatable bonds is 10. The van der Waals surface area contributed by atoms with Crippen LogP contribution >= 0.6 is 0 Å². The summed E-state index contributed by atoms with van der Waals surface area (Å²) in [5, 5.41) is 1.31. The van der Waals surface area contributed by atoms with Gasteiger partial charge >= 0.3 is 6.01 Å². The van der Waals surface area contributed by atoms with E-state index in [2.05, 4.69) is 62.8 Å². The van der Waals surface area contributed by atoms with Crippen molar-refractivity contribution in [2.24, 2.45) is 0 Å². The van der Waals surface area contributed by atoms with E-state index >= 15 is 8.78 Å². The molecule has 0 aliphatic carbocycles. The Kier molecular flexibility index (Phi) is 11.3. The Hall–Kier alpha value is -4.16. The third-order valence-corrected chi connectivity index (χ3v) is 19.3. The first-order chi connectivity index (χ1) is 27.9. The molecule has 3 fully saturated rings. The van der Waals surface area contributed by atoms with Gasteiger partial charge in [0.05, 0.1) is 23.8 Å². The molecule has 0 spiro atoms. The fourth-order valence-corrected chi connectivity index (χ4v) is 15.5. The number of nitrogens with zero attached hydrogens (tertiary/aromatic N) is 5. The smallest absolute Gasteiger partial charge is 0.319 e. The van der Waals surface area contributed by atoms with Crippen molar-refractivity contribution >= 4 is 35.6 Å². The molecule has 2 aromatic carbocycles. The van der Waals surface area contributed by atoms with Crippen LogP contribution in [0.1, 0.15) is 72.8 Å². The second kappa shape index (κ2) is 16.1. The Balaban J connectivity index is 1.36. The molecular weight excluding hydrogens is 764 g/mol. The number of benzene rings is 2. The topological polar surface area (TPSA) is 91.3 Å². The van der Waals surface area contributed by atoms with Gasteiger partial charge in [0.2, 0.25) is 5.88 Å². The molecule has 0 N–H and O–H groups in total. The summed E-state index contributed by atoms with van der Waals surface area (Å²) in [6, 6.07) is 6.20. The zero-order valence-electron chi connectivity index (χ0n) is 34.6. The van der Waals surface area contributed by atoms with Crippen LogP contribution < -0.4 is 19.1 Å². The maximum absolute atomic E-state index is 17.8. The molecule has 4 aliphatic rings. The molecule has 10 nitrogen and oxygen atoms in total. The molecule has 8 rings (SSSR count). The highest BCUT2D eigenvalue weighted by molar-refractivity contribution is 6.90. The second-order valence-electron chi connectivity index (χ2n) is 17.3. The minimum Gasteiger partial charge on any atom is -0.475 e. The molecule has 3 saturated heterocycles. The van der Waals surface area contributed by atoms with E-state index in [9.17, 15) is 4.39 Å². The standard InChI is InChI=1S/C44H54F3N5O5Si/c1-26(2)58(27(3)4,28(5)6)17-12-33-35(46)11-10-29-18-32(57-25-53-7)19-34(36(29)33)39-38(47)40-37-41(52-15-9-16-54-22-31(52)23-55-42(37)48-39)50-43(49-40)56-24-44-13-8-14-51(44)21-30(45)20-44/h10-11,18-19,26-28,30-31H,8-9,13-16,20-25H2,1-7H3/t30-,31+,44+/m1/s1. The summed E-state index contributed by atoms with van der Waals surface area (Å²) in [7, 11) is -0.803. The van der Waals surface area contributed by atoms with Crippen molar-refractivity contribution in [1.82, 2.24) is 19.9 Å². The fourth-order valence-electron chi connectivity index (χ4n) is 10.3. The van der Waals surface area contributed by atoms with E-state index in [1.54, 1.807) is 18.2 Å². The lowest BCUT2D eigenvalue weighted by Gasteiger charge is -2.38. The third-order valence-electron chi connectivity index (χ3n) is 13.0. The van der Waals surface area contributed by atoms with Crippen molar-refractivity contribution in [3.05, 3.63) is 41.5 Å². The molecule has 2 aromatic heterocycles. The molecule has 3 atom stereocenters. The Morgan fingerprint density at radius 1 is 0.966 bits per heavy atom. The first kappa shape index (κ1) is 40.6. The molecule has 0 radical (unpaired) electrons. The lowest BCUT2D eigenvalue weighted by atomic mass is 9.95. The number of fused-ring (bicyclic) bond motifs is 4. The van der Waals surface area contributed by atoms with Crippen LogP contribution in [0, 0.1) is 23.1 Å². The average molecular weight is 818 g/mol. The van der Waals surface area contributed by atoms with Crippen LogP contribution in [-0.2, 0) is 9.47 Å². The number of hydrogen-bond donors (Lipinski definition) is 0. The molecule has 6 heterocycles. The summed E-state index contributed by atoms with van der Waals surface area (Å²) in [6.45, 7) is 16.2. The van der Waals surface area contributed by atoms with Crippen LogP contribution in [0.3, 0.4) is 0 Å². The lowest BCUT2D eigenvalue weighted by Crippen LogP contribution is -2.43. The third kappa shape index (κ3) is 7.05. The van der Waals surface area contributed by atoms with Gasteiger partial charge in [-0.25, -0.2) is 18.2 Å². The van der Waals surface area contributed by atoms with Crippen molar-refractivity contribution in [2.75, 3.05) is 64.9 Å². The van der Waals surface area contributed by atoms with E-state index in [1.165, 1.54) is 13.2 Å². The molecular formula is C44H54F3N5O5Si. The van der Waals surface area contributed by atoms with Crippen LogP contribution in [0.25, 0.3) is 32.9 Å². The number of aromatic nitrogens is 3. The van der Waals surface area contributed by atoms with Crippen LogP contribution in [0.2, 0.25) is 16.6 Å². The first-order valence-corrected chi connectivity index (χ1v) is 22.9. The number of methoxy groups -OCH3 is 1. The minimum absolute atomic E-state index is 0.0177. The predicted molar refractivity (Wildman–Crippen MR) is 221 cm³/mol. The lowest BCUT2D eigenvalue weighted by molar-refractivity contribution is 0.0512. The Morgan fingerprint density at radius 2 is 1.76 bits per heavy atom. The van der Waals surface area contributed by atoms with Crippen LogP contribution in [0.5, 0.6) is 17.6 Å². The Bertz CT molecular complexity index is 2240. The number of pyridine rings is 1. The van der Waals surface area contributed by atoms with Gasteiger partial charge in [0.25, 0.3) is 0 Å². The predicted octanol–water partition coefficient (Wildman–Crippen LogP) is 8.62. The van der Waals surface area contributed by atoms with Crippen LogP contribution in [0.15, 0.2) is 24.3 Å². The van der Waals surface area contributed by atoms with E-state index in [4.69, 9.17) is 38.6 Å². The first-order valence-electron chi connectivity index (χ1n) is 20.7. The highest BCUT2D eigenvalue weighted by atomic mass is 28.3.